The van der Waals surface area contributed by atoms with Crippen LogP contribution in [0, 0.1) is 28.6 Å². The van der Waals surface area contributed by atoms with E-state index >= 15 is 0 Å². The van der Waals surface area contributed by atoms with E-state index < -0.39 is 0 Å². The van der Waals surface area contributed by atoms with Crippen molar-refractivity contribution in [3.05, 3.63) is 53.1 Å². The number of ketones is 1. The SMILES string of the molecule is C[C@@]12CC[C@@H]3[C@H](CC=C4C[C@@H](O)CC[C@@]43C)[C@H]1C/C(=C\c1ccccc1)C2=O. The molecule has 2 heteroatoms. The summed E-state index contributed by atoms with van der Waals surface area (Å²) in [7, 11) is 0. The summed E-state index contributed by atoms with van der Waals surface area (Å²) in [4.78, 5) is 13.4. The Morgan fingerprint density at radius 2 is 1.75 bits per heavy atom. The van der Waals surface area contributed by atoms with Crippen molar-refractivity contribution in [3.8, 4) is 0 Å². The van der Waals surface area contributed by atoms with Crippen LogP contribution in [0.3, 0.4) is 0 Å². The number of fused-ring (bicyclic) bond motifs is 5. The zero-order valence-corrected chi connectivity index (χ0v) is 17.2. The Morgan fingerprint density at radius 3 is 2.54 bits per heavy atom. The zero-order valence-electron chi connectivity index (χ0n) is 17.2. The predicted molar refractivity (Wildman–Crippen MR) is 113 cm³/mol. The number of allylic oxidation sites excluding steroid dienone is 2. The topological polar surface area (TPSA) is 37.3 Å². The Hall–Kier alpha value is -1.67. The highest BCUT2D eigenvalue weighted by atomic mass is 16.3. The van der Waals surface area contributed by atoms with Crippen LogP contribution in [0.25, 0.3) is 6.08 Å². The lowest BCUT2D eigenvalue weighted by molar-refractivity contribution is -0.130. The van der Waals surface area contributed by atoms with Gasteiger partial charge in [0.05, 0.1) is 6.10 Å². The van der Waals surface area contributed by atoms with Gasteiger partial charge in [-0.1, -0.05) is 55.8 Å². The lowest BCUT2D eigenvalue weighted by Gasteiger charge is -2.56. The predicted octanol–water partition coefficient (Wildman–Crippen LogP) is 5.57. The number of aliphatic hydroxyl groups is 1. The first-order valence-electron chi connectivity index (χ1n) is 11.1. The fourth-order valence-electron chi connectivity index (χ4n) is 7.19. The molecule has 1 aromatic rings. The molecule has 1 N–H and O–H groups in total. The fraction of sp³-hybridized carbons (Fsp3) is 0.577. The van der Waals surface area contributed by atoms with E-state index in [9.17, 15) is 9.90 Å². The van der Waals surface area contributed by atoms with Crippen molar-refractivity contribution >= 4 is 11.9 Å². The molecule has 0 heterocycles. The summed E-state index contributed by atoms with van der Waals surface area (Å²) < 4.78 is 0. The summed E-state index contributed by atoms with van der Waals surface area (Å²) in [5.41, 5.74) is 3.73. The summed E-state index contributed by atoms with van der Waals surface area (Å²) in [6.07, 6.45) is 11.5. The molecule has 3 fully saturated rings. The van der Waals surface area contributed by atoms with Crippen molar-refractivity contribution in [2.45, 2.75) is 64.9 Å². The van der Waals surface area contributed by atoms with E-state index in [2.05, 4.69) is 38.1 Å². The van der Waals surface area contributed by atoms with Gasteiger partial charge >= 0.3 is 0 Å². The van der Waals surface area contributed by atoms with Crippen molar-refractivity contribution in [2.24, 2.45) is 28.6 Å². The van der Waals surface area contributed by atoms with E-state index in [0.29, 0.717) is 23.5 Å². The quantitative estimate of drug-likeness (QED) is 0.514. The molecule has 0 aliphatic heterocycles. The second kappa shape index (κ2) is 6.42. The average Bonchev–Trinajstić information content (AvgIpc) is 2.94. The maximum Gasteiger partial charge on any atom is 0.165 e. The third-order valence-electron chi connectivity index (χ3n) is 8.86. The van der Waals surface area contributed by atoms with Gasteiger partial charge in [-0.2, -0.15) is 0 Å². The molecule has 0 bridgehead atoms. The van der Waals surface area contributed by atoms with Gasteiger partial charge in [0.1, 0.15) is 0 Å². The van der Waals surface area contributed by atoms with Gasteiger partial charge in [0.2, 0.25) is 0 Å². The highest BCUT2D eigenvalue weighted by molar-refractivity contribution is 6.05. The second-order valence-corrected chi connectivity index (χ2v) is 10.2. The normalized spacial score (nSPS) is 43.9. The molecule has 0 unspecified atom stereocenters. The van der Waals surface area contributed by atoms with Crippen molar-refractivity contribution in [2.75, 3.05) is 0 Å². The molecule has 0 amide bonds. The van der Waals surface area contributed by atoms with Crippen LogP contribution in [-0.2, 0) is 4.79 Å². The second-order valence-electron chi connectivity index (χ2n) is 10.2. The number of hydrogen-bond donors (Lipinski definition) is 1. The molecule has 28 heavy (non-hydrogen) atoms. The van der Waals surface area contributed by atoms with Gasteiger partial charge in [-0.15, -0.1) is 0 Å². The Morgan fingerprint density at radius 1 is 1.00 bits per heavy atom. The molecule has 1 aromatic carbocycles. The van der Waals surface area contributed by atoms with Gasteiger partial charge in [-0.25, -0.2) is 0 Å². The molecule has 0 radical (unpaired) electrons. The van der Waals surface area contributed by atoms with Gasteiger partial charge in [-0.3, -0.25) is 4.79 Å². The van der Waals surface area contributed by atoms with E-state index in [0.717, 1.165) is 56.1 Å². The zero-order chi connectivity index (χ0) is 19.5. The summed E-state index contributed by atoms with van der Waals surface area (Å²) >= 11 is 0. The van der Waals surface area contributed by atoms with E-state index in [4.69, 9.17) is 0 Å². The fourth-order valence-corrected chi connectivity index (χ4v) is 7.19. The monoisotopic (exact) mass is 376 g/mol. The Balaban J connectivity index is 1.48. The van der Waals surface area contributed by atoms with Crippen molar-refractivity contribution in [3.63, 3.8) is 0 Å². The number of carbonyl (C=O) groups is 1. The smallest absolute Gasteiger partial charge is 0.165 e. The van der Waals surface area contributed by atoms with E-state index in [1.165, 1.54) is 5.57 Å². The van der Waals surface area contributed by atoms with Crippen LogP contribution in [0.4, 0.5) is 0 Å². The van der Waals surface area contributed by atoms with Crippen molar-refractivity contribution in [1.29, 1.82) is 0 Å². The van der Waals surface area contributed by atoms with Gasteiger partial charge in [0.25, 0.3) is 0 Å². The highest BCUT2D eigenvalue weighted by Gasteiger charge is 2.59. The Bertz CT molecular complexity index is 850. The number of Topliss-reactive ketones (excluding diaryl/α,β-unsaturated/α-hetero) is 1. The Kier molecular flexibility index (Phi) is 4.21. The average molecular weight is 377 g/mol. The lowest BCUT2D eigenvalue weighted by Crippen LogP contribution is -2.50. The van der Waals surface area contributed by atoms with Gasteiger partial charge in [-0.05, 0) is 85.3 Å². The molecule has 5 rings (SSSR count). The first kappa shape index (κ1) is 18.4. The van der Waals surface area contributed by atoms with E-state index in [1.54, 1.807) is 0 Å². The number of aliphatic hydroxyl groups excluding tert-OH is 1. The van der Waals surface area contributed by atoms with Crippen LogP contribution in [0.1, 0.15) is 64.4 Å². The molecule has 4 aliphatic rings. The van der Waals surface area contributed by atoms with Gasteiger partial charge < -0.3 is 5.11 Å². The van der Waals surface area contributed by atoms with Gasteiger partial charge in [0.15, 0.2) is 5.78 Å². The number of carbonyl (C=O) groups excluding carboxylic acids is 1. The number of rotatable bonds is 1. The summed E-state index contributed by atoms with van der Waals surface area (Å²) in [6, 6.07) is 10.3. The number of hydrogen-bond acceptors (Lipinski definition) is 2. The van der Waals surface area contributed by atoms with E-state index in [1.807, 2.05) is 18.2 Å². The van der Waals surface area contributed by atoms with Crippen LogP contribution in [0.5, 0.6) is 0 Å². The van der Waals surface area contributed by atoms with Crippen LogP contribution in [-0.4, -0.2) is 17.0 Å². The molecule has 3 saturated carbocycles. The van der Waals surface area contributed by atoms with Crippen molar-refractivity contribution < 1.29 is 9.90 Å². The third kappa shape index (κ3) is 2.60. The van der Waals surface area contributed by atoms with Crippen LogP contribution in [0.2, 0.25) is 0 Å². The first-order valence-corrected chi connectivity index (χ1v) is 11.1. The maximum atomic E-state index is 13.4. The molecule has 6 atom stereocenters. The van der Waals surface area contributed by atoms with Crippen LogP contribution in [0.15, 0.2) is 47.6 Å². The third-order valence-corrected chi connectivity index (χ3v) is 8.86. The molecule has 148 valence electrons. The van der Waals surface area contributed by atoms with Crippen LogP contribution >= 0.6 is 0 Å². The summed E-state index contributed by atoms with van der Waals surface area (Å²) in [5, 5.41) is 10.2. The van der Waals surface area contributed by atoms with Gasteiger partial charge in [0, 0.05) is 5.41 Å². The molecule has 0 saturated heterocycles. The highest BCUT2D eigenvalue weighted by Crippen LogP contribution is 2.64. The number of benzene rings is 1. The molecule has 4 aliphatic carbocycles. The molecule has 0 spiro atoms. The summed E-state index contributed by atoms with van der Waals surface area (Å²) in [6.45, 7) is 4.69. The Labute approximate surface area is 168 Å². The van der Waals surface area contributed by atoms with Crippen LogP contribution < -0.4 is 0 Å². The molecular formula is C26H32O2. The maximum absolute atomic E-state index is 13.4. The first-order chi connectivity index (χ1) is 13.4. The molecule has 2 nitrogen and oxygen atoms in total. The standard InChI is InChI=1S/C26H32O2/c1-25-12-10-20(27)16-19(25)8-9-21-22(25)11-13-26(2)23(21)15-18(24(26)28)14-17-6-4-3-5-7-17/h3-8,14,20-23,27H,9-13,15-16H2,1-2H3/b18-14+/t20-,21-,22+,23+,25-,26+/m0/s1. The largest absolute Gasteiger partial charge is 0.393 e. The molecule has 0 aromatic heterocycles. The minimum Gasteiger partial charge on any atom is -0.393 e. The van der Waals surface area contributed by atoms with Crippen molar-refractivity contribution in [1.82, 2.24) is 0 Å². The van der Waals surface area contributed by atoms with E-state index in [-0.39, 0.29) is 16.9 Å². The lowest BCUT2D eigenvalue weighted by atomic mass is 9.48. The summed E-state index contributed by atoms with van der Waals surface area (Å²) in [5.74, 6) is 2.14. The minimum absolute atomic E-state index is 0.154. The minimum atomic E-state index is -0.183. The molecular weight excluding hydrogens is 344 g/mol.